The second-order valence-corrected chi connectivity index (χ2v) is 2.06. The quantitative estimate of drug-likeness (QED) is 0.345. The van der Waals surface area contributed by atoms with Crippen LogP contribution in [0.25, 0.3) is 0 Å². The minimum atomic E-state index is 0.765. The average Bonchev–Trinajstić information content (AvgIpc) is 2.14. The first-order valence-corrected chi connectivity index (χ1v) is 2.76. The highest BCUT2D eigenvalue weighted by atomic mass is 32.2. The molecule has 0 bridgehead atoms. The van der Waals surface area contributed by atoms with Crippen molar-refractivity contribution in [1.82, 2.24) is 4.31 Å². The zero-order chi connectivity index (χ0) is 5.11. The van der Waals surface area contributed by atoms with Gasteiger partial charge in [0.05, 0.1) is 6.54 Å². The van der Waals surface area contributed by atoms with Gasteiger partial charge in [-0.05, 0) is 17.4 Å². The summed E-state index contributed by atoms with van der Waals surface area (Å²) in [4.78, 5) is 0. The van der Waals surface area contributed by atoms with E-state index in [0.717, 1.165) is 6.54 Å². The molecule has 0 aliphatic carbocycles. The van der Waals surface area contributed by atoms with E-state index < -0.39 is 0 Å². The van der Waals surface area contributed by atoms with Gasteiger partial charge in [-0.15, -0.1) is 0 Å². The maximum absolute atomic E-state index is 8.18. The van der Waals surface area contributed by atoms with Gasteiger partial charge < -0.3 is 0 Å². The second-order valence-electron chi connectivity index (χ2n) is 1.14. The monoisotopic (exact) mass is 112 g/mol. The summed E-state index contributed by atoms with van der Waals surface area (Å²) in [5.74, 6) is 0. The van der Waals surface area contributed by atoms with E-state index >= 15 is 0 Å². The summed E-state index contributed by atoms with van der Waals surface area (Å²) >= 11 is 1.43. The Morgan fingerprint density at radius 3 is 3.00 bits per heavy atom. The summed E-state index contributed by atoms with van der Waals surface area (Å²) in [5, 5.41) is 10.1. The third-order valence-corrected chi connectivity index (χ3v) is 1.47. The molecule has 0 aromatic rings. The van der Waals surface area contributed by atoms with Crippen molar-refractivity contribution in [2.24, 2.45) is 0 Å². The molecule has 0 unspecified atom stereocenters. The van der Waals surface area contributed by atoms with E-state index in [0.29, 0.717) is 0 Å². The van der Waals surface area contributed by atoms with Crippen molar-refractivity contribution in [2.45, 2.75) is 0 Å². The largest absolute Gasteiger partial charge is 0.245 e. The molecule has 1 aliphatic heterocycles. The predicted molar refractivity (Wildman–Crippen MR) is 29.0 cm³/mol. The molecule has 36 valence electrons. The van der Waals surface area contributed by atoms with Crippen molar-refractivity contribution in [1.29, 1.82) is 5.26 Å². The zero-order valence-electron chi connectivity index (χ0n) is 3.66. The van der Waals surface area contributed by atoms with Gasteiger partial charge in [-0.1, -0.05) is 6.08 Å². The van der Waals surface area contributed by atoms with Crippen molar-refractivity contribution in [3.63, 3.8) is 0 Å². The van der Waals surface area contributed by atoms with E-state index in [4.69, 9.17) is 5.26 Å². The molecule has 0 spiro atoms. The summed E-state index contributed by atoms with van der Waals surface area (Å²) < 4.78 is 1.60. The third-order valence-electron chi connectivity index (χ3n) is 0.667. The molecule has 0 aromatic carbocycles. The van der Waals surface area contributed by atoms with Gasteiger partial charge in [0.1, 0.15) is 0 Å². The molecule has 3 heteroatoms. The minimum absolute atomic E-state index is 0.765. The van der Waals surface area contributed by atoms with Gasteiger partial charge in [-0.2, -0.15) is 5.26 Å². The maximum atomic E-state index is 8.18. The van der Waals surface area contributed by atoms with E-state index in [-0.39, 0.29) is 0 Å². The first-order chi connectivity index (χ1) is 3.43. The molecule has 1 heterocycles. The Balaban J connectivity index is 2.39. The molecule has 0 N–H and O–H groups in total. The van der Waals surface area contributed by atoms with Crippen LogP contribution in [-0.2, 0) is 0 Å². The van der Waals surface area contributed by atoms with Crippen LogP contribution in [0.3, 0.4) is 0 Å². The van der Waals surface area contributed by atoms with Crippen molar-refractivity contribution >= 4 is 11.9 Å². The average molecular weight is 112 g/mol. The zero-order valence-corrected chi connectivity index (χ0v) is 4.48. The lowest BCUT2D eigenvalue weighted by atomic mass is 10.6. The standard InChI is InChI=1S/C4H4N2S/c5-4-6-2-1-3-7-6/h1,3H,2H2. The lowest BCUT2D eigenvalue weighted by Crippen LogP contribution is -2.00. The fraction of sp³-hybridized carbons (Fsp3) is 0.250. The summed E-state index contributed by atoms with van der Waals surface area (Å²) in [6, 6.07) is 0. The first kappa shape index (κ1) is 4.54. The highest BCUT2D eigenvalue weighted by molar-refractivity contribution is 8.00. The molecule has 7 heavy (non-hydrogen) atoms. The molecule has 0 radical (unpaired) electrons. The van der Waals surface area contributed by atoms with Crippen LogP contribution in [0.1, 0.15) is 0 Å². The first-order valence-electron chi connectivity index (χ1n) is 1.92. The van der Waals surface area contributed by atoms with Crippen LogP contribution < -0.4 is 0 Å². The van der Waals surface area contributed by atoms with Crippen LogP contribution in [0.4, 0.5) is 0 Å². The molecule has 0 atom stereocenters. The third kappa shape index (κ3) is 0.875. The van der Waals surface area contributed by atoms with Crippen LogP contribution in [0, 0.1) is 11.5 Å². The SMILES string of the molecule is N#CN1CC=CS1. The molecule has 2 nitrogen and oxygen atoms in total. The lowest BCUT2D eigenvalue weighted by molar-refractivity contribution is 0.736. The van der Waals surface area contributed by atoms with Gasteiger partial charge in [0, 0.05) is 0 Å². The van der Waals surface area contributed by atoms with Gasteiger partial charge in [0.15, 0.2) is 6.19 Å². The molecular formula is C4H4N2S. The van der Waals surface area contributed by atoms with E-state index in [1.165, 1.54) is 11.9 Å². The van der Waals surface area contributed by atoms with Crippen molar-refractivity contribution in [2.75, 3.05) is 6.54 Å². The Morgan fingerprint density at radius 2 is 2.71 bits per heavy atom. The maximum Gasteiger partial charge on any atom is 0.190 e. The van der Waals surface area contributed by atoms with Crippen molar-refractivity contribution < 1.29 is 0 Å². The lowest BCUT2D eigenvalue weighted by Gasteiger charge is -1.98. The van der Waals surface area contributed by atoms with Gasteiger partial charge in [-0.25, -0.2) is 4.31 Å². The molecule has 1 rings (SSSR count). The molecule has 1 aliphatic rings. The molecular weight excluding hydrogens is 108 g/mol. The van der Waals surface area contributed by atoms with Crippen LogP contribution in [0.5, 0.6) is 0 Å². The number of hydrogen-bond acceptors (Lipinski definition) is 3. The fourth-order valence-electron chi connectivity index (χ4n) is 0.363. The Morgan fingerprint density at radius 1 is 1.86 bits per heavy atom. The normalized spacial score (nSPS) is 17.3. The van der Waals surface area contributed by atoms with Gasteiger partial charge >= 0.3 is 0 Å². The van der Waals surface area contributed by atoms with Crippen LogP contribution >= 0.6 is 11.9 Å². The Kier molecular flexibility index (Phi) is 1.23. The highest BCUT2D eigenvalue weighted by Gasteiger charge is 2.00. The van der Waals surface area contributed by atoms with Crippen molar-refractivity contribution in [3.8, 4) is 6.19 Å². The fourth-order valence-corrected chi connectivity index (χ4v) is 0.901. The predicted octanol–water partition coefficient (Wildman–Crippen LogP) is 0.945. The Bertz CT molecular complexity index is 116. The molecule has 0 amide bonds. The highest BCUT2D eigenvalue weighted by Crippen LogP contribution is 2.15. The Hall–Kier alpha value is -0.620. The molecule has 0 saturated heterocycles. The number of hydrogen-bond donors (Lipinski definition) is 0. The van der Waals surface area contributed by atoms with Crippen LogP contribution in [0.2, 0.25) is 0 Å². The Labute approximate surface area is 46.5 Å². The minimum Gasteiger partial charge on any atom is -0.245 e. The van der Waals surface area contributed by atoms with Crippen LogP contribution in [-0.4, -0.2) is 10.8 Å². The van der Waals surface area contributed by atoms with E-state index in [1.807, 2.05) is 17.7 Å². The number of nitriles is 1. The van der Waals surface area contributed by atoms with E-state index in [1.54, 1.807) is 4.31 Å². The van der Waals surface area contributed by atoms with Gasteiger partial charge in [0.25, 0.3) is 0 Å². The summed E-state index contributed by atoms with van der Waals surface area (Å²) in [6.45, 7) is 0.765. The summed E-state index contributed by atoms with van der Waals surface area (Å²) in [6.07, 6.45) is 3.95. The molecule has 0 fully saturated rings. The van der Waals surface area contributed by atoms with Gasteiger partial charge in [0.2, 0.25) is 0 Å². The molecule has 0 saturated carbocycles. The summed E-state index contributed by atoms with van der Waals surface area (Å²) in [5.41, 5.74) is 0. The van der Waals surface area contributed by atoms with Crippen molar-refractivity contribution in [3.05, 3.63) is 11.5 Å². The van der Waals surface area contributed by atoms with Gasteiger partial charge in [-0.3, -0.25) is 0 Å². The van der Waals surface area contributed by atoms with E-state index in [2.05, 4.69) is 0 Å². The summed E-state index contributed by atoms with van der Waals surface area (Å²) in [7, 11) is 0. The second kappa shape index (κ2) is 1.90. The topological polar surface area (TPSA) is 27.0 Å². The smallest absolute Gasteiger partial charge is 0.190 e. The number of nitrogens with zero attached hydrogens (tertiary/aromatic N) is 2. The van der Waals surface area contributed by atoms with E-state index in [9.17, 15) is 0 Å². The number of rotatable bonds is 0. The molecule has 0 aromatic heterocycles. The van der Waals surface area contributed by atoms with Crippen LogP contribution in [0.15, 0.2) is 11.5 Å².